The third-order valence-electron chi connectivity index (χ3n) is 4.36. The average molecular weight is 338 g/mol. The van der Waals surface area contributed by atoms with Crippen LogP contribution in [0.3, 0.4) is 0 Å². The molecule has 2 saturated heterocycles. The van der Waals surface area contributed by atoms with Gasteiger partial charge in [-0.15, -0.1) is 0 Å². The molecule has 5 nitrogen and oxygen atoms in total. The van der Waals surface area contributed by atoms with E-state index in [1.165, 1.54) is 0 Å². The molecular formula is C15H16ClN3O2S. The quantitative estimate of drug-likeness (QED) is 0.800. The number of thiazole rings is 1. The Hall–Kier alpha value is -1.37. The van der Waals surface area contributed by atoms with E-state index in [-0.39, 0.29) is 17.9 Å². The van der Waals surface area contributed by atoms with E-state index in [2.05, 4.69) is 4.90 Å². The van der Waals surface area contributed by atoms with Gasteiger partial charge in [0.2, 0.25) is 5.91 Å². The number of ether oxygens (including phenoxy) is 1. The summed E-state index contributed by atoms with van der Waals surface area (Å²) in [4.78, 5) is 21.2. The summed E-state index contributed by atoms with van der Waals surface area (Å²) in [6.45, 7) is 2.50. The van der Waals surface area contributed by atoms with Gasteiger partial charge in [-0.05, 0) is 18.2 Å². The molecule has 2 atom stereocenters. The number of amides is 1. The van der Waals surface area contributed by atoms with Crippen LogP contribution in [-0.4, -0.2) is 55.2 Å². The Morgan fingerprint density at radius 3 is 3.09 bits per heavy atom. The Morgan fingerprint density at radius 1 is 1.36 bits per heavy atom. The van der Waals surface area contributed by atoms with Crippen LogP contribution < -0.4 is 4.90 Å². The molecule has 2 aromatic rings. The number of hydrogen-bond donors (Lipinski definition) is 0. The smallest absolute Gasteiger partial charge is 0.229 e. The largest absolute Gasteiger partial charge is 0.378 e. The average Bonchev–Trinajstić information content (AvgIpc) is 2.78. The van der Waals surface area contributed by atoms with Gasteiger partial charge < -0.3 is 14.5 Å². The summed E-state index contributed by atoms with van der Waals surface area (Å²) in [5.41, 5.74) is 0.953. The number of rotatable bonds is 1. The van der Waals surface area contributed by atoms with Crippen molar-refractivity contribution in [2.75, 3.05) is 38.3 Å². The van der Waals surface area contributed by atoms with E-state index in [0.717, 1.165) is 26.9 Å². The minimum atomic E-state index is -0.117. The van der Waals surface area contributed by atoms with E-state index < -0.39 is 0 Å². The van der Waals surface area contributed by atoms with Crippen LogP contribution in [0.15, 0.2) is 18.2 Å². The maximum Gasteiger partial charge on any atom is 0.229 e. The molecule has 1 aromatic heterocycles. The number of halogens is 1. The fourth-order valence-corrected chi connectivity index (χ4v) is 4.34. The first-order valence-electron chi connectivity index (χ1n) is 7.27. The molecule has 4 rings (SSSR count). The second-order valence-corrected chi connectivity index (χ2v) is 7.30. The van der Waals surface area contributed by atoms with Crippen molar-refractivity contribution in [2.24, 2.45) is 5.92 Å². The van der Waals surface area contributed by atoms with Crippen LogP contribution in [-0.2, 0) is 9.53 Å². The zero-order valence-electron chi connectivity index (χ0n) is 12.2. The molecule has 0 unspecified atom stereocenters. The number of carbonyl (C=O) groups is 1. The summed E-state index contributed by atoms with van der Waals surface area (Å²) >= 11 is 7.68. The van der Waals surface area contributed by atoms with Crippen molar-refractivity contribution in [2.45, 2.75) is 6.04 Å². The predicted molar refractivity (Wildman–Crippen MR) is 87.7 cm³/mol. The lowest BCUT2D eigenvalue weighted by molar-refractivity contribution is -0.133. The van der Waals surface area contributed by atoms with E-state index in [4.69, 9.17) is 21.3 Å². The minimum absolute atomic E-state index is 0.0793. The highest BCUT2D eigenvalue weighted by Crippen LogP contribution is 2.33. The first-order valence-corrected chi connectivity index (χ1v) is 8.47. The molecule has 2 fully saturated rings. The highest BCUT2D eigenvalue weighted by molar-refractivity contribution is 7.22. The number of anilines is 1. The maximum atomic E-state index is 12.4. The number of hydrogen-bond acceptors (Lipinski definition) is 5. The molecule has 0 N–H and O–H groups in total. The van der Waals surface area contributed by atoms with Crippen LogP contribution in [0.2, 0.25) is 5.02 Å². The molecule has 2 aliphatic heterocycles. The lowest BCUT2D eigenvalue weighted by Crippen LogP contribution is -2.43. The monoisotopic (exact) mass is 337 g/mol. The molecule has 0 saturated carbocycles. The van der Waals surface area contributed by atoms with Crippen molar-refractivity contribution >= 4 is 44.2 Å². The van der Waals surface area contributed by atoms with Crippen molar-refractivity contribution < 1.29 is 9.53 Å². The van der Waals surface area contributed by atoms with Crippen LogP contribution >= 0.6 is 22.9 Å². The van der Waals surface area contributed by atoms with Crippen LogP contribution in [0.4, 0.5) is 5.13 Å². The molecule has 0 aliphatic carbocycles. The third-order valence-corrected chi connectivity index (χ3v) is 5.67. The normalized spacial score (nSPS) is 25.6. The van der Waals surface area contributed by atoms with Crippen LogP contribution in [0.1, 0.15) is 0 Å². The Bertz CT molecular complexity index is 735. The number of benzene rings is 1. The van der Waals surface area contributed by atoms with Gasteiger partial charge >= 0.3 is 0 Å². The van der Waals surface area contributed by atoms with Crippen molar-refractivity contribution in [1.82, 2.24) is 9.88 Å². The SMILES string of the molecule is CN1C(=O)[C@H]2COC[C@@H]1CN(c1nc3ccc(Cl)cc3s1)C2. The van der Waals surface area contributed by atoms with E-state index in [1.54, 1.807) is 11.3 Å². The summed E-state index contributed by atoms with van der Waals surface area (Å²) in [6, 6.07) is 5.82. The van der Waals surface area contributed by atoms with E-state index in [9.17, 15) is 4.79 Å². The molecule has 3 heterocycles. The minimum Gasteiger partial charge on any atom is -0.378 e. The summed E-state index contributed by atoms with van der Waals surface area (Å²) < 4.78 is 6.71. The summed E-state index contributed by atoms with van der Waals surface area (Å²) in [5, 5.41) is 1.68. The van der Waals surface area contributed by atoms with Gasteiger partial charge in [-0.25, -0.2) is 4.98 Å². The summed E-state index contributed by atoms with van der Waals surface area (Å²) in [7, 11) is 1.87. The zero-order chi connectivity index (χ0) is 15.3. The topological polar surface area (TPSA) is 45.7 Å². The summed E-state index contributed by atoms with van der Waals surface area (Å²) in [6.07, 6.45) is 0. The second-order valence-electron chi connectivity index (χ2n) is 5.85. The van der Waals surface area contributed by atoms with Crippen LogP contribution in [0.5, 0.6) is 0 Å². The molecule has 0 radical (unpaired) electrons. The maximum absolute atomic E-state index is 12.4. The van der Waals surface area contributed by atoms with Gasteiger partial charge in [0.25, 0.3) is 0 Å². The van der Waals surface area contributed by atoms with Gasteiger partial charge in [-0.2, -0.15) is 0 Å². The first kappa shape index (κ1) is 14.2. The highest BCUT2D eigenvalue weighted by atomic mass is 35.5. The second kappa shape index (κ2) is 5.37. The molecule has 7 heteroatoms. The van der Waals surface area contributed by atoms with Gasteiger partial charge in [-0.3, -0.25) is 4.79 Å². The Labute approximate surface area is 137 Å². The molecule has 2 bridgehead atoms. The number of aromatic nitrogens is 1. The van der Waals surface area contributed by atoms with Crippen molar-refractivity contribution in [3.8, 4) is 0 Å². The molecule has 1 aromatic carbocycles. The standard InChI is InChI=1S/C15H16ClN3O2S/c1-18-11-6-19(5-9(14(18)20)7-21-8-11)15-17-12-3-2-10(16)4-13(12)22-15/h2-4,9,11H,5-8H2,1H3/t9-,11+/m1/s1. The lowest BCUT2D eigenvalue weighted by atomic mass is 10.1. The number of carbonyl (C=O) groups excluding carboxylic acids is 1. The van der Waals surface area contributed by atoms with Crippen LogP contribution in [0, 0.1) is 5.92 Å². The van der Waals surface area contributed by atoms with Crippen molar-refractivity contribution in [3.05, 3.63) is 23.2 Å². The molecule has 2 aliphatic rings. The molecule has 1 amide bonds. The Kier molecular flexibility index (Phi) is 3.47. The number of nitrogens with zero attached hydrogens (tertiary/aromatic N) is 3. The van der Waals surface area contributed by atoms with Gasteiger partial charge in [0.1, 0.15) is 0 Å². The number of fused-ring (bicyclic) bond motifs is 4. The van der Waals surface area contributed by atoms with E-state index in [0.29, 0.717) is 19.8 Å². The number of likely N-dealkylation sites (N-methyl/N-ethyl adjacent to an activating group) is 1. The van der Waals surface area contributed by atoms with E-state index in [1.807, 2.05) is 30.1 Å². The van der Waals surface area contributed by atoms with Gasteiger partial charge in [0, 0.05) is 25.2 Å². The summed E-state index contributed by atoms with van der Waals surface area (Å²) in [5.74, 6) is 0.0576. The van der Waals surface area contributed by atoms with Gasteiger partial charge in [-0.1, -0.05) is 22.9 Å². The molecular weight excluding hydrogens is 322 g/mol. The van der Waals surface area contributed by atoms with Crippen LogP contribution in [0.25, 0.3) is 10.2 Å². The fraction of sp³-hybridized carbons (Fsp3) is 0.467. The van der Waals surface area contributed by atoms with Crippen molar-refractivity contribution in [1.29, 1.82) is 0 Å². The first-order chi connectivity index (χ1) is 10.6. The predicted octanol–water partition coefficient (Wildman–Crippen LogP) is 2.24. The zero-order valence-corrected chi connectivity index (χ0v) is 13.7. The van der Waals surface area contributed by atoms with Crippen molar-refractivity contribution in [3.63, 3.8) is 0 Å². The molecule has 116 valence electrons. The molecule has 22 heavy (non-hydrogen) atoms. The lowest BCUT2D eigenvalue weighted by Gasteiger charge is -2.28. The highest BCUT2D eigenvalue weighted by Gasteiger charge is 2.38. The Morgan fingerprint density at radius 2 is 2.23 bits per heavy atom. The Balaban J connectivity index is 1.70. The molecule has 0 spiro atoms. The fourth-order valence-electron chi connectivity index (χ4n) is 3.08. The van der Waals surface area contributed by atoms with Gasteiger partial charge in [0.05, 0.1) is 35.4 Å². The van der Waals surface area contributed by atoms with Gasteiger partial charge in [0.15, 0.2) is 5.13 Å². The van der Waals surface area contributed by atoms with E-state index >= 15 is 0 Å². The third kappa shape index (κ3) is 2.35.